The lowest BCUT2D eigenvalue weighted by atomic mass is 10.1. The zero-order valence-corrected chi connectivity index (χ0v) is 13.6. The number of aromatic nitrogens is 1. The molecule has 6 heteroatoms. The maximum absolute atomic E-state index is 12.5. The average Bonchev–Trinajstić information content (AvgIpc) is 3.18. The molecule has 5 nitrogen and oxygen atoms in total. The largest absolute Gasteiger partial charge is 0.312 e. The lowest BCUT2D eigenvalue weighted by Gasteiger charge is -2.16. The van der Waals surface area contributed by atoms with E-state index >= 15 is 0 Å². The Morgan fingerprint density at radius 2 is 1.88 bits per heavy atom. The number of amides is 2. The van der Waals surface area contributed by atoms with Crippen molar-refractivity contribution in [1.82, 2.24) is 4.98 Å². The smallest absolute Gasteiger partial charge is 0.231 e. The summed E-state index contributed by atoms with van der Waals surface area (Å²) in [5, 5.41) is 3.43. The first-order valence-electron chi connectivity index (χ1n) is 7.72. The number of hydrogen-bond donors (Lipinski definition) is 1. The fourth-order valence-electron chi connectivity index (χ4n) is 2.87. The highest BCUT2D eigenvalue weighted by Gasteiger charge is 2.35. The van der Waals surface area contributed by atoms with Crippen LogP contribution in [0.1, 0.15) is 6.42 Å². The number of benzene rings is 2. The third kappa shape index (κ3) is 2.76. The molecule has 1 saturated heterocycles. The maximum Gasteiger partial charge on any atom is 0.231 e. The Morgan fingerprint density at radius 3 is 2.67 bits per heavy atom. The summed E-state index contributed by atoms with van der Waals surface area (Å²) in [5.74, 6) is -0.531. The van der Waals surface area contributed by atoms with Crippen LogP contribution < -0.4 is 10.2 Å². The minimum absolute atomic E-state index is 0.0225. The van der Waals surface area contributed by atoms with E-state index in [-0.39, 0.29) is 24.2 Å². The van der Waals surface area contributed by atoms with Crippen LogP contribution in [0.2, 0.25) is 0 Å². The molecule has 1 fully saturated rings. The molecule has 1 aromatic heterocycles. The van der Waals surface area contributed by atoms with Gasteiger partial charge in [0.25, 0.3) is 0 Å². The standard InChI is InChI=1S/C18H15N3O2S/c22-16-10-12(11-21(16)13-6-2-1-3-7-13)17(23)20-18-19-14-8-4-5-9-15(14)24-18/h1-9,12H,10-11H2,(H,19,20,23)/t12-/m0/s1. The molecule has 2 amide bonds. The molecule has 0 aliphatic carbocycles. The molecular weight excluding hydrogens is 322 g/mol. The van der Waals surface area contributed by atoms with E-state index in [0.29, 0.717) is 11.7 Å². The second-order valence-electron chi connectivity index (χ2n) is 5.72. The van der Waals surface area contributed by atoms with Crippen LogP contribution in [0.5, 0.6) is 0 Å². The summed E-state index contributed by atoms with van der Waals surface area (Å²) in [6.07, 6.45) is 0.228. The molecule has 1 aliphatic rings. The zero-order chi connectivity index (χ0) is 16.5. The van der Waals surface area contributed by atoms with Crippen molar-refractivity contribution in [2.75, 3.05) is 16.8 Å². The molecule has 24 heavy (non-hydrogen) atoms. The molecule has 120 valence electrons. The van der Waals surface area contributed by atoms with Crippen LogP contribution in [0, 0.1) is 5.92 Å². The SMILES string of the molecule is O=C(Nc1nc2ccccc2s1)[C@H]1CC(=O)N(c2ccccc2)C1. The first-order chi connectivity index (χ1) is 11.7. The minimum atomic E-state index is -0.357. The molecule has 1 atom stereocenters. The van der Waals surface area contributed by atoms with Crippen LogP contribution in [-0.2, 0) is 9.59 Å². The second-order valence-corrected chi connectivity index (χ2v) is 6.75. The third-order valence-electron chi connectivity index (χ3n) is 4.09. The predicted molar refractivity (Wildman–Crippen MR) is 95.2 cm³/mol. The predicted octanol–water partition coefficient (Wildman–Crippen LogP) is 3.29. The van der Waals surface area contributed by atoms with E-state index in [1.54, 1.807) is 4.90 Å². The fourth-order valence-corrected chi connectivity index (χ4v) is 3.74. The highest BCUT2D eigenvalue weighted by atomic mass is 32.1. The first-order valence-corrected chi connectivity index (χ1v) is 8.54. The molecule has 0 spiro atoms. The van der Waals surface area contributed by atoms with Gasteiger partial charge in [0.1, 0.15) is 0 Å². The van der Waals surface area contributed by atoms with Crippen molar-refractivity contribution in [1.29, 1.82) is 0 Å². The second kappa shape index (κ2) is 6.05. The lowest BCUT2D eigenvalue weighted by molar-refractivity contribution is -0.122. The molecule has 1 N–H and O–H groups in total. The number of nitrogens with zero attached hydrogens (tertiary/aromatic N) is 2. The summed E-state index contributed by atoms with van der Waals surface area (Å²) < 4.78 is 1.03. The Bertz CT molecular complexity index is 874. The van der Waals surface area contributed by atoms with Crippen LogP contribution >= 0.6 is 11.3 Å². The zero-order valence-electron chi connectivity index (χ0n) is 12.8. The van der Waals surface area contributed by atoms with Crippen LogP contribution in [-0.4, -0.2) is 23.3 Å². The van der Waals surface area contributed by atoms with Gasteiger partial charge in [-0.15, -0.1) is 0 Å². The monoisotopic (exact) mass is 337 g/mol. The number of para-hydroxylation sites is 2. The molecule has 2 heterocycles. The van der Waals surface area contributed by atoms with E-state index < -0.39 is 0 Å². The summed E-state index contributed by atoms with van der Waals surface area (Å²) in [6.45, 7) is 0.402. The van der Waals surface area contributed by atoms with Crippen molar-refractivity contribution in [2.45, 2.75) is 6.42 Å². The molecule has 3 aromatic rings. The van der Waals surface area contributed by atoms with E-state index in [4.69, 9.17) is 0 Å². The van der Waals surface area contributed by atoms with Crippen molar-refractivity contribution < 1.29 is 9.59 Å². The van der Waals surface area contributed by atoms with Crippen molar-refractivity contribution in [2.24, 2.45) is 5.92 Å². The van der Waals surface area contributed by atoms with E-state index in [1.807, 2.05) is 54.6 Å². The molecule has 1 aliphatic heterocycles. The van der Waals surface area contributed by atoms with Crippen molar-refractivity contribution in [3.05, 3.63) is 54.6 Å². The number of anilines is 2. The molecule has 0 radical (unpaired) electrons. The molecule has 0 unspecified atom stereocenters. The molecule has 2 aromatic carbocycles. The topological polar surface area (TPSA) is 62.3 Å². The highest BCUT2D eigenvalue weighted by Crippen LogP contribution is 2.28. The van der Waals surface area contributed by atoms with Crippen molar-refractivity contribution in [3.63, 3.8) is 0 Å². The van der Waals surface area contributed by atoms with Gasteiger partial charge in [0.15, 0.2) is 5.13 Å². The van der Waals surface area contributed by atoms with Gasteiger partial charge in [-0.2, -0.15) is 0 Å². The number of carbonyl (C=O) groups is 2. The number of nitrogens with one attached hydrogen (secondary N) is 1. The summed E-state index contributed by atoms with van der Waals surface area (Å²) in [6, 6.07) is 17.2. The molecule has 4 rings (SSSR count). The van der Waals surface area contributed by atoms with Gasteiger partial charge in [0.2, 0.25) is 11.8 Å². The lowest BCUT2D eigenvalue weighted by Crippen LogP contribution is -2.28. The maximum atomic E-state index is 12.5. The third-order valence-corrected chi connectivity index (χ3v) is 5.04. The van der Waals surface area contributed by atoms with Gasteiger partial charge in [-0.3, -0.25) is 9.59 Å². The van der Waals surface area contributed by atoms with Gasteiger partial charge in [-0.05, 0) is 24.3 Å². The molecular formula is C18H15N3O2S. The fraction of sp³-hybridized carbons (Fsp3) is 0.167. The Labute approximate surface area is 142 Å². The van der Waals surface area contributed by atoms with Crippen LogP contribution in [0.4, 0.5) is 10.8 Å². The number of hydrogen-bond acceptors (Lipinski definition) is 4. The number of rotatable bonds is 3. The minimum Gasteiger partial charge on any atom is -0.312 e. The van der Waals surface area contributed by atoms with Crippen LogP contribution in [0.15, 0.2) is 54.6 Å². The molecule has 0 bridgehead atoms. The van der Waals surface area contributed by atoms with E-state index in [1.165, 1.54) is 11.3 Å². The van der Waals surface area contributed by atoms with Crippen LogP contribution in [0.25, 0.3) is 10.2 Å². The summed E-state index contributed by atoms with van der Waals surface area (Å²) in [7, 11) is 0. The van der Waals surface area contributed by atoms with Gasteiger partial charge in [0, 0.05) is 18.7 Å². The van der Waals surface area contributed by atoms with Gasteiger partial charge >= 0.3 is 0 Å². The van der Waals surface area contributed by atoms with Gasteiger partial charge in [0.05, 0.1) is 16.1 Å². The Kier molecular flexibility index (Phi) is 3.74. The first kappa shape index (κ1) is 14.8. The van der Waals surface area contributed by atoms with Crippen molar-refractivity contribution in [3.8, 4) is 0 Å². The summed E-state index contributed by atoms with van der Waals surface area (Å²) >= 11 is 1.44. The van der Waals surface area contributed by atoms with E-state index in [9.17, 15) is 9.59 Å². The van der Waals surface area contributed by atoms with Gasteiger partial charge in [-0.1, -0.05) is 41.7 Å². The number of carbonyl (C=O) groups excluding carboxylic acids is 2. The number of fused-ring (bicyclic) bond motifs is 1. The van der Waals surface area contributed by atoms with Gasteiger partial charge < -0.3 is 10.2 Å². The molecule has 0 saturated carbocycles. The number of thiazole rings is 1. The summed E-state index contributed by atoms with van der Waals surface area (Å²) in [5.41, 5.74) is 1.70. The van der Waals surface area contributed by atoms with Crippen LogP contribution in [0.3, 0.4) is 0 Å². The Balaban J connectivity index is 1.48. The van der Waals surface area contributed by atoms with E-state index in [0.717, 1.165) is 15.9 Å². The highest BCUT2D eigenvalue weighted by molar-refractivity contribution is 7.22. The average molecular weight is 337 g/mol. The quantitative estimate of drug-likeness (QED) is 0.798. The normalized spacial score (nSPS) is 17.4. The van der Waals surface area contributed by atoms with Gasteiger partial charge in [-0.25, -0.2) is 4.98 Å². The Hall–Kier alpha value is -2.73. The van der Waals surface area contributed by atoms with Crippen molar-refractivity contribution >= 4 is 44.2 Å². The summed E-state index contributed by atoms with van der Waals surface area (Å²) in [4.78, 5) is 30.8. The Morgan fingerprint density at radius 1 is 1.12 bits per heavy atom. The van der Waals surface area contributed by atoms with E-state index in [2.05, 4.69) is 10.3 Å².